The lowest BCUT2D eigenvalue weighted by Gasteiger charge is -2.58. The van der Waals surface area contributed by atoms with Crippen LogP contribution in [0, 0.1) is 0 Å². The van der Waals surface area contributed by atoms with E-state index < -0.39 is 6.10 Å². The molecule has 1 saturated heterocycles. The molecular weight excluding hydrogens is 326 g/mol. The summed E-state index contributed by atoms with van der Waals surface area (Å²) in [6, 6.07) is 7.89. The van der Waals surface area contributed by atoms with Crippen LogP contribution in [0.1, 0.15) is 64.0 Å². The Morgan fingerprint density at radius 2 is 1.96 bits per heavy atom. The number of rotatable bonds is 6. The zero-order valence-corrected chi connectivity index (χ0v) is 16.7. The van der Waals surface area contributed by atoms with Crippen LogP contribution in [0.15, 0.2) is 36.9 Å². The second kappa shape index (κ2) is 7.63. The molecule has 26 heavy (non-hydrogen) atoms. The molecule has 0 aromatic heterocycles. The van der Waals surface area contributed by atoms with E-state index in [1.54, 1.807) is 0 Å². The second-order valence-corrected chi connectivity index (χ2v) is 8.55. The average Bonchev–Trinajstić information content (AvgIpc) is 2.56. The van der Waals surface area contributed by atoms with Gasteiger partial charge >= 0.3 is 0 Å². The van der Waals surface area contributed by atoms with E-state index in [4.69, 9.17) is 0 Å². The van der Waals surface area contributed by atoms with Gasteiger partial charge in [0.15, 0.2) is 5.78 Å². The molecule has 0 amide bonds. The fourth-order valence-corrected chi connectivity index (χ4v) is 4.96. The minimum Gasteiger partial charge on any atom is -0.395 e. The van der Waals surface area contributed by atoms with Crippen LogP contribution in [0.3, 0.4) is 0 Å². The van der Waals surface area contributed by atoms with E-state index in [1.807, 2.05) is 31.2 Å². The minimum atomic E-state index is -0.526. The van der Waals surface area contributed by atoms with Crippen molar-refractivity contribution in [3.63, 3.8) is 0 Å². The normalized spacial score (nSPS) is 26.3. The number of benzene rings is 1. The number of nitrogens with zero attached hydrogens (tertiary/aromatic N) is 1. The third kappa shape index (κ3) is 3.64. The number of allylic oxidation sites excluding steroid dienone is 1. The lowest BCUT2D eigenvalue weighted by atomic mass is 9.66. The van der Waals surface area contributed by atoms with Crippen LogP contribution in [0.2, 0.25) is 0 Å². The maximum Gasteiger partial charge on any atom is 0.162 e. The summed E-state index contributed by atoms with van der Waals surface area (Å²) in [4.78, 5) is 14.5. The van der Waals surface area contributed by atoms with Gasteiger partial charge in [0, 0.05) is 29.5 Å². The highest BCUT2D eigenvalue weighted by Gasteiger charge is 2.52. The number of β-amino-alcohol motifs (C(OH)–C–C–N with tert-alkyl or cyclic N) is 1. The number of likely N-dealkylation sites (tertiary alicyclic amines) is 1. The smallest absolute Gasteiger partial charge is 0.162 e. The van der Waals surface area contributed by atoms with E-state index in [2.05, 4.69) is 39.2 Å². The lowest BCUT2D eigenvalue weighted by Crippen LogP contribution is -2.66. The van der Waals surface area contributed by atoms with E-state index >= 15 is 0 Å². The highest BCUT2D eigenvalue weighted by Crippen LogP contribution is 2.48. The highest BCUT2D eigenvalue weighted by molar-refractivity contribution is 5.94. The molecule has 1 aliphatic rings. The fraction of sp³-hybridized carbons (Fsp3) is 0.591. The van der Waals surface area contributed by atoms with E-state index in [-0.39, 0.29) is 35.3 Å². The van der Waals surface area contributed by atoms with Crippen molar-refractivity contribution in [1.29, 1.82) is 0 Å². The van der Waals surface area contributed by atoms with Crippen LogP contribution < -0.4 is 0 Å². The van der Waals surface area contributed by atoms with Gasteiger partial charge in [-0.1, -0.05) is 37.8 Å². The maximum absolute atomic E-state index is 12.2. The van der Waals surface area contributed by atoms with Crippen LogP contribution in [0.4, 0.5) is 0 Å². The van der Waals surface area contributed by atoms with Gasteiger partial charge in [-0.05, 0) is 51.3 Å². The van der Waals surface area contributed by atoms with Gasteiger partial charge in [-0.2, -0.15) is 0 Å². The predicted molar refractivity (Wildman–Crippen MR) is 105 cm³/mol. The number of carbonyl (C=O) groups is 1. The molecule has 1 fully saturated rings. The van der Waals surface area contributed by atoms with Gasteiger partial charge in [0.05, 0.1) is 12.7 Å². The number of piperidine rings is 1. The first-order valence-electron chi connectivity index (χ1n) is 9.39. The average molecular weight is 360 g/mol. The molecule has 0 spiro atoms. The molecule has 144 valence electrons. The van der Waals surface area contributed by atoms with Crippen LogP contribution in [0.25, 0.3) is 0 Å². The number of hydrogen-bond donors (Lipinski definition) is 2. The van der Waals surface area contributed by atoms with E-state index in [0.717, 1.165) is 11.1 Å². The molecule has 1 aromatic rings. The Morgan fingerprint density at radius 1 is 1.35 bits per heavy atom. The van der Waals surface area contributed by atoms with Crippen molar-refractivity contribution in [2.24, 2.45) is 0 Å². The van der Waals surface area contributed by atoms with Crippen molar-refractivity contribution >= 4 is 5.78 Å². The second-order valence-electron chi connectivity index (χ2n) is 8.55. The van der Waals surface area contributed by atoms with Gasteiger partial charge in [0.1, 0.15) is 0 Å². The monoisotopic (exact) mass is 359 g/mol. The molecule has 4 heteroatoms. The zero-order valence-electron chi connectivity index (χ0n) is 16.7. The Bertz CT molecular complexity index is 665. The van der Waals surface area contributed by atoms with Crippen molar-refractivity contribution in [1.82, 2.24) is 4.90 Å². The molecule has 2 N–H and O–H groups in total. The fourth-order valence-electron chi connectivity index (χ4n) is 4.96. The third-order valence-corrected chi connectivity index (χ3v) is 6.03. The van der Waals surface area contributed by atoms with E-state index in [1.165, 1.54) is 6.08 Å². The molecule has 2 rings (SSSR count). The molecule has 0 aliphatic carbocycles. The first-order valence-corrected chi connectivity index (χ1v) is 9.39. The first kappa shape index (κ1) is 20.8. The molecular formula is C22H33NO3. The topological polar surface area (TPSA) is 60.8 Å². The van der Waals surface area contributed by atoms with Gasteiger partial charge < -0.3 is 10.2 Å². The molecule has 0 bridgehead atoms. The Hall–Kier alpha value is -1.49. The SMILES string of the molecule is C=CC(=O)C(C)c1ccccc1C1C(O)CC(C)(C)N(CCO)C1(C)C. The van der Waals surface area contributed by atoms with Crippen molar-refractivity contribution in [3.05, 3.63) is 48.0 Å². The Balaban J connectivity index is 2.57. The Labute approximate surface area is 157 Å². The molecule has 1 aromatic carbocycles. The molecule has 4 nitrogen and oxygen atoms in total. The summed E-state index contributed by atoms with van der Waals surface area (Å²) in [5.41, 5.74) is 1.35. The highest BCUT2D eigenvalue weighted by atomic mass is 16.3. The Kier molecular flexibility index (Phi) is 6.11. The van der Waals surface area contributed by atoms with Crippen molar-refractivity contribution in [3.8, 4) is 0 Å². The summed E-state index contributed by atoms with van der Waals surface area (Å²) in [7, 11) is 0. The van der Waals surface area contributed by atoms with Crippen LogP contribution in [0.5, 0.6) is 0 Å². The summed E-state index contributed by atoms with van der Waals surface area (Å²) < 4.78 is 0. The van der Waals surface area contributed by atoms with Crippen molar-refractivity contribution in [2.45, 2.75) is 70.1 Å². The lowest BCUT2D eigenvalue weighted by molar-refractivity contribution is -0.116. The molecule has 3 atom stereocenters. The number of aliphatic hydroxyl groups excluding tert-OH is 2. The maximum atomic E-state index is 12.2. The summed E-state index contributed by atoms with van der Waals surface area (Å²) in [5.74, 6) is -0.473. The predicted octanol–water partition coefficient (Wildman–Crippen LogP) is 3.24. The van der Waals surface area contributed by atoms with Crippen LogP contribution >= 0.6 is 0 Å². The number of aliphatic hydroxyl groups is 2. The van der Waals surface area contributed by atoms with Crippen molar-refractivity contribution in [2.75, 3.05) is 13.2 Å². The van der Waals surface area contributed by atoms with E-state index in [9.17, 15) is 15.0 Å². The number of hydrogen-bond acceptors (Lipinski definition) is 4. The largest absolute Gasteiger partial charge is 0.395 e. The van der Waals surface area contributed by atoms with Crippen LogP contribution in [-0.2, 0) is 4.79 Å². The number of ketones is 1. The van der Waals surface area contributed by atoms with Gasteiger partial charge in [0.2, 0.25) is 0 Å². The summed E-state index contributed by atoms with van der Waals surface area (Å²) in [5, 5.41) is 20.7. The minimum absolute atomic E-state index is 0.0203. The Morgan fingerprint density at radius 3 is 2.54 bits per heavy atom. The molecule has 1 aliphatic heterocycles. The van der Waals surface area contributed by atoms with Gasteiger partial charge in [-0.3, -0.25) is 9.69 Å². The summed E-state index contributed by atoms with van der Waals surface area (Å²) >= 11 is 0. The molecule has 3 unspecified atom stereocenters. The van der Waals surface area contributed by atoms with Crippen LogP contribution in [-0.4, -0.2) is 51.2 Å². The molecule has 0 saturated carbocycles. The summed E-state index contributed by atoms with van der Waals surface area (Å²) in [6.07, 6.45) is 1.45. The molecule has 0 radical (unpaired) electrons. The molecule has 1 heterocycles. The third-order valence-electron chi connectivity index (χ3n) is 6.03. The van der Waals surface area contributed by atoms with Gasteiger partial charge in [-0.25, -0.2) is 0 Å². The first-order chi connectivity index (χ1) is 12.1. The zero-order chi connectivity index (χ0) is 19.7. The van der Waals surface area contributed by atoms with Crippen molar-refractivity contribution < 1.29 is 15.0 Å². The van der Waals surface area contributed by atoms with Gasteiger partial charge in [0.25, 0.3) is 0 Å². The van der Waals surface area contributed by atoms with E-state index in [0.29, 0.717) is 13.0 Å². The summed E-state index contributed by atoms with van der Waals surface area (Å²) in [6.45, 7) is 14.6. The number of carbonyl (C=O) groups excluding carboxylic acids is 1. The van der Waals surface area contributed by atoms with Gasteiger partial charge in [-0.15, -0.1) is 0 Å². The quantitative estimate of drug-likeness (QED) is 0.766. The standard InChI is InChI=1S/C22H33NO3/c1-7-18(25)15(2)16-10-8-9-11-17(16)20-19(26)14-21(3,4)23(12-13-24)22(20,5)6/h7-11,15,19-20,24,26H,1,12-14H2,2-6H3.